The first-order chi connectivity index (χ1) is 11.7. The van der Waals surface area contributed by atoms with Crippen LogP contribution in [-0.4, -0.2) is 39.2 Å². The van der Waals surface area contributed by atoms with Crippen LogP contribution in [0.2, 0.25) is 0 Å². The molecule has 24 heavy (non-hydrogen) atoms. The number of esters is 1. The molecule has 6 nitrogen and oxygen atoms in total. The van der Waals surface area contributed by atoms with Gasteiger partial charge in [0, 0.05) is 0 Å². The lowest BCUT2D eigenvalue weighted by Crippen LogP contribution is -2.20. The Balaban J connectivity index is 1.86. The van der Waals surface area contributed by atoms with Gasteiger partial charge in [-0.25, -0.2) is 4.79 Å². The summed E-state index contributed by atoms with van der Waals surface area (Å²) in [6, 6.07) is 13.7. The van der Waals surface area contributed by atoms with Gasteiger partial charge in [0.25, 0.3) is 0 Å². The quantitative estimate of drug-likeness (QED) is 0.547. The first kappa shape index (κ1) is 17.3. The van der Waals surface area contributed by atoms with Crippen LogP contribution in [0.5, 0.6) is 17.2 Å². The van der Waals surface area contributed by atoms with Crippen molar-refractivity contribution in [3.05, 3.63) is 54.1 Å². The topological polar surface area (TPSA) is 71.1 Å². The van der Waals surface area contributed by atoms with E-state index in [4.69, 9.17) is 18.9 Å². The largest absolute Gasteiger partial charge is 0.496 e. The zero-order chi connectivity index (χ0) is 17.4. The number of benzene rings is 2. The molecule has 0 aliphatic rings. The number of ketones is 1. The summed E-state index contributed by atoms with van der Waals surface area (Å²) in [4.78, 5) is 23.8. The molecule has 0 aliphatic heterocycles. The Bertz CT molecular complexity index is 710. The molecule has 0 bridgehead atoms. The van der Waals surface area contributed by atoms with Gasteiger partial charge < -0.3 is 18.9 Å². The summed E-state index contributed by atoms with van der Waals surface area (Å²) in [5.74, 6) is 0.370. The number of carbonyl (C=O) groups is 2. The van der Waals surface area contributed by atoms with E-state index in [1.54, 1.807) is 48.5 Å². The van der Waals surface area contributed by atoms with Crippen LogP contribution in [0.15, 0.2) is 48.5 Å². The molecule has 0 saturated heterocycles. The third-order valence-corrected chi connectivity index (χ3v) is 3.19. The Labute approximate surface area is 139 Å². The van der Waals surface area contributed by atoms with Gasteiger partial charge in [0.15, 0.2) is 24.7 Å². The standard InChI is InChI=1S/C18H18O6/c1-21-15-8-4-3-7-13(15)14(19)11-24-18(20)12-23-17-10-6-5-9-16(17)22-2/h3-10H,11-12H2,1-2H3. The maximum atomic E-state index is 12.1. The Morgan fingerprint density at radius 2 is 1.38 bits per heavy atom. The van der Waals surface area contributed by atoms with Gasteiger partial charge >= 0.3 is 5.97 Å². The lowest BCUT2D eigenvalue weighted by Gasteiger charge is -2.10. The van der Waals surface area contributed by atoms with Crippen LogP contribution in [0.3, 0.4) is 0 Å². The van der Waals surface area contributed by atoms with Gasteiger partial charge in [-0.1, -0.05) is 24.3 Å². The minimum atomic E-state index is -0.649. The third-order valence-electron chi connectivity index (χ3n) is 3.19. The third kappa shape index (κ3) is 4.49. The molecule has 0 N–H and O–H groups in total. The molecular weight excluding hydrogens is 312 g/mol. The SMILES string of the molecule is COc1ccccc1OCC(=O)OCC(=O)c1ccccc1OC. The molecule has 0 heterocycles. The number of para-hydroxylation sites is 3. The highest BCUT2D eigenvalue weighted by Crippen LogP contribution is 2.25. The van der Waals surface area contributed by atoms with Crippen LogP contribution in [0.25, 0.3) is 0 Å². The zero-order valence-corrected chi connectivity index (χ0v) is 13.5. The van der Waals surface area contributed by atoms with E-state index in [0.717, 1.165) is 0 Å². The average Bonchev–Trinajstić information content (AvgIpc) is 2.64. The number of carbonyl (C=O) groups excluding carboxylic acids is 2. The molecule has 0 saturated carbocycles. The van der Waals surface area contributed by atoms with Crippen LogP contribution in [0.4, 0.5) is 0 Å². The molecule has 2 aromatic carbocycles. The highest BCUT2D eigenvalue weighted by atomic mass is 16.6. The minimum absolute atomic E-state index is 0.320. The van der Waals surface area contributed by atoms with Gasteiger partial charge in [0.05, 0.1) is 19.8 Å². The van der Waals surface area contributed by atoms with Crippen LogP contribution in [0.1, 0.15) is 10.4 Å². The van der Waals surface area contributed by atoms with Gasteiger partial charge in [-0.2, -0.15) is 0 Å². The maximum absolute atomic E-state index is 12.1. The molecule has 0 radical (unpaired) electrons. The highest BCUT2D eigenvalue weighted by Gasteiger charge is 2.15. The Hall–Kier alpha value is -3.02. The predicted molar refractivity (Wildman–Crippen MR) is 86.8 cm³/mol. The predicted octanol–water partition coefficient (Wildman–Crippen LogP) is 2.51. The molecule has 0 fully saturated rings. The second kappa shape index (κ2) is 8.57. The molecule has 0 spiro atoms. The van der Waals surface area contributed by atoms with Crippen molar-refractivity contribution in [1.29, 1.82) is 0 Å². The number of ether oxygens (including phenoxy) is 4. The number of Topliss-reactive ketones (excluding diaryl/α,β-unsaturated/α-hetero) is 1. The number of hydrogen-bond acceptors (Lipinski definition) is 6. The fourth-order valence-electron chi connectivity index (χ4n) is 2.02. The molecule has 2 aromatic rings. The van der Waals surface area contributed by atoms with Crippen molar-refractivity contribution in [3.8, 4) is 17.2 Å². The summed E-state index contributed by atoms with van der Waals surface area (Å²) in [5, 5.41) is 0. The van der Waals surface area contributed by atoms with Gasteiger partial charge in [-0.3, -0.25) is 4.79 Å². The number of methoxy groups -OCH3 is 2. The van der Waals surface area contributed by atoms with Crippen molar-refractivity contribution in [1.82, 2.24) is 0 Å². The minimum Gasteiger partial charge on any atom is -0.496 e. The normalized spacial score (nSPS) is 9.92. The Morgan fingerprint density at radius 1 is 0.792 bits per heavy atom. The molecule has 0 aromatic heterocycles. The van der Waals surface area contributed by atoms with Crippen LogP contribution in [-0.2, 0) is 9.53 Å². The molecule has 0 unspecified atom stereocenters. The van der Waals surface area contributed by atoms with E-state index < -0.39 is 5.97 Å². The van der Waals surface area contributed by atoms with E-state index in [9.17, 15) is 9.59 Å². The van der Waals surface area contributed by atoms with Crippen molar-refractivity contribution >= 4 is 11.8 Å². The zero-order valence-electron chi connectivity index (χ0n) is 13.5. The summed E-state index contributed by atoms with van der Waals surface area (Å²) in [7, 11) is 2.98. The first-order valence-electron chi connectivity index (χ1n) is 7.23. The second-order valence-corrected chi connectivity index (χ2v) is 4.72. The smallest absolute Gasteiger partial charge is 0.344 e. The van der Waals surface area contributed by atoms with E-state index in [-0.39, 0.29) is 19.0 Å². The summed E-state index contributed by atoms with van der Waals surface area (Å²) in [6.07, 6.45) is 0. The van der Waals surface area contributed by atoms with Gasteiger partial charge in [-0.15, -0.1) is 0 Å². The van der Waals surface area contributed by atoms with Gasteiger partial charge in [0.1, 0.15) is 5.75 Å². The molecule has 0 aliphatic carbocycles. The number of hydrogen-bond donors (Lipinski definition) is 0. The van der Waals surface area contributed by atoms with Crippen molar-refractivity contribution in [3.63, 3.8) is 0 Å². The first-order valence-corrected chi connectivity index (χ1v) is 7.23. The van der Waals surface area contributed by atoms with E-state index >= 15 is 0 Å². The highest BCUT2D eigenvalue weighted by molar-refractivity contribution is 6.00. The fourth-order valence-corrected chi connectivity index (χ4v) is 2.02. The van der Waals surface area contributed by atoms with Crippen LogP contribution >= 0.6 is 0 Å². The Morgan fingerprint density at radius 3 is 2.04 bits per heavy atom. The van der Waals surface area contributed by atoms with Crippen molar-refractivity contribution < 1.29 is 28.5 Å². The van der Waals surface area contributed by atoms with Gasteiger partial charge in [0.2, 0.25) is 5.78 Å². The van der Waals surface area contributed by atoms with Crippen molar-refractivity contribution in [2.75, 3.05) is 27.4 Å². The molecule has 0 amide bonds. The molecule has 2 rings (SSSR count). The van der Waals surface area contributed by atoms with Crippen molar-refractivity contribution in [2.45, 2.75) is 0 Å². The summed E-state index contributed by atoms with van der Waals surface area (Å²) in [6.45, 7) is -0.700. The molecular formula is C18H18O6. The maximum Gasteiger partial charge on any atom is 0.344 e. The fraction of sp³-hybridized carbons (Fsp3) is 0.222. The molecule has 126 valence electrons. The second-order valence-electron chi connectivity index (χ2n) is 4.72. The van der Waals surface area contributed by atoms with E-state index in [1.165, 1.54) is 14.2 Å². The van der Waals surface area contributed by atoms with Crippen molar-refractivity contribution in [2.24, 2.45) is 0 Å². The van der Waals surface area contributed by atoms with E-state index in [0.29, 0.717) is 22.8 Å². The summed E-state index contributed by atoms with van der Waals surface area (Å²) >= 11 is 0. The lowest BCUT2D eigenvalue weighted by molar-refractivity contribution is -0.144. The van der Waals surface area contributed by atoms with Crippen LogP contribution in [0, 0.1) is 0 Å². The molecule has 0 atom stereocenters. The summed E-state index contributed by atoms with van der Waals surface area (Å²) < 4.78 is 20.5. The van der Waals surface area contributed by atoms with Gasteiger partial charge in [-0.05, 0) is 24.3 Å². The number of rotatable bonds is 8. The Kier molecular flexibility index (Phi) is 6.19. The van der Waals surface area contributed by atoms with Crippen LogP contribution < -0.4 is 14.2 Å². The lowest BCUT2D eigenvalue weighted by atomic mass is 10.1. The van der Waals surface area contributed by atoms with E-state index in [1.807, 2.05) is 0 Å². The average molecular weight is 330 g/mol. The monoisotopic (exact) mass is 330 g/mol. The summed E-state index contributed by atoms with van der Waals surface area (Å²) in [5.41, 5.74) is 0.360. The molecule has 6 heteroatoms. The van der Waals surface area contributed by atoms with E-state index in [2.05, 4.69) is 0 Å².